The van der Waals surface area contributed by atoms with E-state index in [1.54, 1.807) is 6.92 Å². The molecule has 58 valence electrons. The molecule has 1 fully saturated rings. The van der Waals surface area contributed by atoms with Crippen LogP contribution in [0, 0.1) is 0 Å². The van der Waals surface area contributed by atoms with E-state index < -0.39 is 23.5 Å². The van der Waals surface area contributed by atoms with Gasteiger partial charge in [0, 0.05) is 0 Å². The summed E-state index contributed by atoms with van der Waals surface area (Å²) < 4.78 is 0. The lowest BCUT2D eigenvalue weighted by Crippen LogP contribution is -2.29. The van der Waals surface area contributed by atoms with E-state index in [1.165, 1.54) is 0 Å². The first-order valence-corrected chi connectivity index (χ1v) is 3.08. The van der Waals surface area contributed by atoms with Gasteiger partial charge in [0.15, 0.2) is 0 Å². The van der Waals surface area contributed by atoms with E-state index in [4.69, 9.17) is 0 Å². The molecule has 1 N–H and O–H groups in total. The zero-order valence-corrected chi connectivity index (χ0v) is 6.01. The molecule has 1 atom stereocenters. The zero-order valence-electron chi connectivity index (χ0n) is 6.01. The quantitative estimate of drug-likeness (QED) is 0.396. The molecule has 1 aliphatic heterocycles. The third-order valence-electron chi connectivity index (χ3n) is 1.46. The molecular weight excluding hydrogens is 146 g/mol. The van der Waals surface area contributed by atoms with Crippen LogP contribution >= 0.6 is 0 Å². The van der Waals surface area contributed by atoms with E-state index in [1.807, 2.05) is 0 Å². The highest BCUT2D eigenvalue weighted by Gasteiger charge is 2.39. The van der Waals surface area contributed by atoms with Crippen LogP contribution in [0.5, 0.6) is 0 Å². The molecule has 1 heterocycles. The van der Waals surface area contributed by atoms with Crippen molar-refractivity contribution in [2.24, 2.45) is 0 Å². The van der Waals surface area contributed by atoms with Crippen molar-refractivity contribution < 1.29 is 14.4 Å². The van der Waals surface area contributed by atoms with Gasteiger partial charge in [0.05, 0.1) is 0 Å². The van der Waals surface area contributed by atoms with Crippen molar-refractivity contribution in [1.29, 1.82) is 0 Å². The normalized spacial score (nSPS) is 23.7. The first kappa shape index (κ1) is 7.65. The molecule has 0 saturated carbocycles. The number of Topliss-reactive ketones (excluding diaryl/α,β-unsaturated/α-hetero) is 2. The summed E-state index contributed by atoms with van der Waals surface area (Å²) in [4.78, 5) is 32.1. The molecule has 0 bridgehead atoms. The third-order valence-corrected chi connectivity index (χ3v) is 1.46. The van der Waals surface area contributed by atoms with Gasteiger partial charge in [-0.25, -0.2) is 0 Å². The number of ketones is 2. The minimum absolute atomic E-state index is 0.481. The topological polar surface area (TPSA) is 63.2 Å². The minimum atomic E-state index is -0.974. The van der Waals surface area contributed by atoms with E-state index in [0.29, 0.717) is 5.57 Å². The van der Waals surface area contributed by atoms with Gasteiger partial charge in [-0.2, -0.15) is 0 Å². The summed E-state index contributed by atoms with van der Waals surface area (Å²) in [6, 6.07) is -0.796. The lowest BCUT2D eigenvalue weighted by Gasteiger charge is -2.04. The lowest BCUT2D eigenvalue weighted by molar-refractivity contribution is -0.140. The Bertz CT molecular complexity index is 267. The molecule has 0 aromatic heterocycles. The van der Waals surface area contributed by atoms with Gasteiger partial charge in [0.25, 0.3) is 11.7 Å². The largest absolute Gasteiger partial charge is 0.335 e. The van der Waals surface area contributed by atoms with Gasteiger partial charge in [-0.05, 0) is 6.92 Å². The van der Waals surface area contributed by atoms with Gasteiger partial charge in [-0.1, -0.05) is 12.2 Å². The molecule has 1 saturated heterocycles. The monoisotopic (exact) mass is 153 g/mol. The number of carbonyl (C=O) groups excluding carboxylic acids is 3. The number of hydrogen-bond acceptors (Lipinski definition) is 3. The number of amides is 1. The summed E-state index contributed by atoms with van der Waals surface area (Å²) in [6.45, 7) is 5.05. The van der Waals surface area contributed by atoms with Crippen molar-refractivity contribution in [3.63, 3.8) is 0 Å². The summed E-state index contributed by atoms with van der Waals surface area (Å²) in [5.41, 5.74) is 0.481. The summed E-state index contributed by atoms with van der Waals surface area (Å²) in [5.74, 6) is -2.51. The number of carbonyl (C=O) groups is 3. The van der Waals surface area contributed by atoms with Crippen molar-refractivity contribution >= 4 is 17.5 Å². The Morgan fingerprint density at radius 2 is 2.00 bits per heavy atom. The van der Waals surface area contributed by atoms with E-state index in [0.717, 1.165) is 0 Å². The molecule has 1 amide bonds. The Labute approximate surface area is 63.3 Å². The Hall–Kier alpha value is -1.45. The SMILES string of the molecule is C=C(C)C1NC(=O)C(=O)C1=O. The molecule has 11 heavy (non-hydrogen) atoms. The molecule has 0 aromatic carbocycles. The van der Waals surface area contributed by atoms with Crippen LogP contribution in [0.2, 0.25) is 0 Å². The van der Waals surface area contributed by atoms with Gasteiger partial charge in [-0.3, -0.25) is 14.4 Å². The Morgan fingerprint density at radius 3 is 2.18 bits per heavy atom. The molecular formula is C7H7NO3. The average molecular weight is 153 g/mol. The second kappa shape index (κ2) is 2.30. The van der Waals surface area contributed by atoms with E-state index in [-0.39, 0.29) is 0 Å². The van der Waals surface area contributed by atoms with Crippen LogP contribution in [0.3, 0.4) is 0 Å². The summed E-state index contributed by atoms with van der Waals surface area (Å²) >= 11 is 0. The van der Waals surface area contributed by atoms with Crippen molar-refractivity contribution in [3.8, 4) is 0 Å². The smallest absolute Gasteiger partial charge is 0.296 e. The Kier molecular flexibility index (Phi) is 1.60. The van der Waals surface area contributed by atoms with Gasteiger partial charge in [-0.15, -0.1) is 0 Å². The fraction of sp³-hybridized carbons (Fsp3) is 0.286. The second-order valence-corrected chi connectivity index (χ2v) is 2.45. The van der Waals surface area contributed by atoms with Crippen LogP contribution < -0.4 is 5.32 Å². The maximum atomic E-state index is 10.9. The van der Waals surface area contributed by atoms with Crippen LogP contribution in [0.4, 0.5) is 0 Å². The van der Waals surface area contributed by atoms with Crippen LogP contribution in [0.25, 0.3) is 0 Å². The van der Waals surface area contributed by atoms with Crippen LogP contribution in [0.15, 0.2) is 12.2 Å². The van der Waals surface area contributed by atoms with Gasteiger partial charge in [0.2, 0.25) is 5.78 Å². The lowest BCUT2D eigenvalue weighted by atomic mass is 10.1. The Morgan fingerprint density at radius 1 is 1.45 bits per heavy atom. The third kappa shape index (κ3) is 1.07. The summed E-state index contributed by atoms with van der Waals surface area (Å²) in [7, 11) is 0. The average Bonchev–Trinajstić information content (AvgIpc) is 2.17. The van der Waals surface area contributed by atoms with Crippen molar-refractivity contribution in [2.45, 2.75) is 13.0 Å². The zero-order chi connectivity index (χ0) is 8.59. The van der Waals surface area contributed by atoms with Crippen LogP contribution in [-0.2, 0) is 14.4 Å². The molecule has 0 radical (unpaired) electrons. The molecule has 1 aliphatic rings. The minimum Gasteiger partial charge on any atom is -0.335 e. The predicted octanol–water partition coefficient (Wildman–Crippen LogP) is -0.801. The summed E-state index contributed by atoms with van der Waals surface area (Å²) in [6.07, 6.45) is 0. The van der Waals surface area contributed by atoms with Crippen molar-refractivity contribution in [1.82, 2.24) is 5.32 Å². The first-order valence-electron chi connectivity index (χ1n) is 3.08. The van der Waals surface area contributed by atoms with Crippen LogP contribution in [0.1, 0.15) is 6.92 Å². The second-order valence-electron chi connectivity index (χ2n) is 2.45. The van der Waals surface area contributed by atoms with Gasteiger partial charge in [0.1, 0.15) is 6.04 Å². The molecule has 0 spiro atoms. The van der Waals surface area contributed by atoms with E-state index in [9.17, 15) is 14.4 Å². The first-order chi connectivity index (χ1) is 5.04. The predicted molar refractivity (Wildman–Crippen MR) is 36.8 cm³/mol. The van der Waals surface area contributed by atoms with E-state index >= 15 is 0 Å². The Balaban J connectivity index is 2.92. The van der Waals surface area contributed by atoms with E-state index in [2.05, 4.69) is 11.9 Å². The maximum absolute atomic E-state index is 10.9. The van der Waals surface area contributed by atoms with Gasteiger partial charge >= 0.3 is 0 Å². The highest BCUT2D eigenvalue weighted by Crippen LogP contribution is 2.06. The van der Waals surface area contributed by atoms with Crippen molar-refractivity contribution in [3.05, 3.63) is 12.2 Å². The molecule has 0 aromatic rings. The van der Waals surface area contributed by atoms with Crippen LogP contribution in [-0.4, -0.2) is 23.5 Å². The number of nitrogens with one attached hydrogen (secondary N) is 1. The fourth-order valence-electron chi connectivity index (χ4n) is 0.852. The molecule has 4 heteroatoms. The highest BCUT2D eigenvalue weighted by molar-refractivity contribution is 6.68. The molecule has 0 aliphatic carbocycles. The highest BCUT2D eigenvalue weighted by atomic mass is 16.2. The summed E-state index contributed by atoms with van der Waals surface area (Å²) in [5, 5.41) is 2.22. The van der Waals surface area contributed by atoms with Gasteiger partial charge < -0.3 is 5.32 Å². The number of rotatable bonds is 1. The maximum Gasteiger partial charge on any atom is 0.296 e. The van der Waals surface area contributed by atoms with Crippen molar-refractivity contribution in [2.75, 3.05) is 0 Å². The molecule has 4 nitrogen and oxygen atoms in total. The standard InChI is InChI=1S/C7H7NO3/c1-3(2)4-5(9)6(10)7(11)8-4/h4H,1H2,2H3,(H,8,11). The molecule has 1 unspecified atom stereocenters. The fourth-order valence-corrected chi connectivity index (χ4v) is 0.852. The number of hydrogen-bond donors (Lipinski definition) is 1. The molecule has 1 rings (SSSR count).